The van der Waals surface area contributed by atoms with E-state index in [4.69, 9.17) is 0 Å². The van der Waals surface area contributed by atoms with Crippen LogP contribution in [-0.4, -0.2) is 33.7 Å². The van der Waals surface area contributed by atoms with Gasteiger partial charge in [0.15, 0.2) is 0 Å². The summed E-state index contributed by atoms with van der Waals surface area (Å²) in [5.74, 6) is 0. The second kappa shape index (κ2) is 18.5. The van der Waals surface area contributed by atoms with Crippen molar-refractivity contribution in [3.63, 3.8) is 0 Å². The Morgan fingerprint density at radius 1 is 0.643 bits per heavy atom. The third-order valence-electron chi connectivity index (χ3n) is 5.73. The van der Waals surface area contributed by atoms with E-state index in [1.54, 1.807) is 0 Å². The predicted molar refractivity (Wildman–Crippen MR) is 124 cm³/mol. The fourth-order valence-corrected chi connectivity index (χ4v) is 3.78. The minimum absolute atomic E-state index is 0. The molecule has 0 atom stereocenters. The maximum absolute atomic E-state index is 3.63. The average molecular weight is 411 g/mol. The minimum Gasteiger partial charge on any atom is -1.00 e. The van der Waals surface area contributed by atoms with Gasteiger partial charge in [0.1, 0.15) is 5.69 Å². The zero-order valence-corrected chi connectivity index (χ0v) is 19.8. The Morgan fingerprint density at radius 3 is 1.64 bits per heavy atom. The molecule has 1 aromatic carbocycles. The summed E-state index contributed by atoms with van der Waals surface area (Å²) in [4.78, 5) is 0. The molecule has 0 saturated carbocycles. The summed E-state index contributed by atoms with van der Waals surface area (Å²) in [6.07, 6.45) is 18.4. The molecule has 0 aliphatic carbocycles. The van der Waals surface area contributed by atoms with Gasteiger partial charge in [-0.1, -0.05) is 95.8 Å². The number of quaternary nitrogens is 1. The number of rotatable bonds is 18. The highest BCUT2D eigenvalue weighted by molar-refractivity contribution is 5.40. The molecule has 0 fully saturated rings. The molecule has 3 heteroatoms. The maximum atomic E-state index is 3.63. The number of halogens is 1. The lowest BCUT2D eigenvalue weighted by molar-refractivity contribution is -0.00000604. The molecule has 1 rings (SSSR count). The number of para-hydroxylation sites is 1. The normalized spacial score (nSPS) is 11.4. The van der Waals surface area contributed by atoms with Crippen molar-refractivity contribution in [2.75, 3.05) is 33.7 Å². The Kier molecular flexibility index (Phi) is 18.1. The van der Waals surface area contributed by atoms with Gasteiger partial charge in [-0.05, 0) is 25.1 Å². The Bertz CT molecular complexity index is 433. The van der Waals surface area contributed by atoms with Crippen molar-refractivity contribution in [2.45, 2.75) is 90.4 Å². The summed E-state index contributed by atoms with van der Waals surface area (Å²) in [5.41, 5.74) is 1.40. The lowest BCUT2D eigenvalue weighted by Gasteiger charge is -2.29. The summed E-state index contributed by atoms with van der Waals surface area (Å²) in [7, 11) is 4.61. The molecule has 0 aliphatic rings. The molecule has 1 aromatic rings. The van der Waals surface area contributed by atoms with E-state index in [-0.39, 0.29) is 12.4 Å². The fourth-order valence-electron chi connectivity index (χ4n) is 3.78. The van der Waals surface area contributed by atoms with Gasteiger partial charge in [0.2, 0.25) is 0 Å². The van der Waals surface area contributed by atoms with Gasteiger partial charge in [-0.15, -0.1) is 0 Å². The first-order valence-electron chi connectivity index (χ1n) is 11.8. The van der Waals surface area contributed by atoms with E-state index in [2.05, 4.69) is 56.7 Å². The highest BCUT2D eigenvalue weighted by atomic mass is 35.5. The topological polar surface area (TPSA) is 12.0 Å². The van der Waals surface area contributed by atoms with Gasteiger partial charge in [0.25, 0.3) is 0 Å². The zero-order chi connectivity index (χ0) is 19.6. The molecule has 0 aromatic heterocycles. The van der Waals surface area contributed by atoms with Crippen LogP contribution in [0.2, 0.25) is 0 Å². The molecular formula is C25H47ClN2. The number of benzene rings is 1. The van der Waals surface area contributed by atoms with Crippen LogP contribution in [0.3, 0.4) is 0 Å². The van der Waals surface area contributed by atoms with Crippen molar-refractivity contribution in [1.82, 2.24) is 9.80 Å². The summed E-state index contributed by atoms with van der Waals surface area (Å²) in [6.45, 7) is 5.82. The maximum Gasteiger partial charge on any atom is 0.132 e. The molecule has 0 heterocycles. The van der Waals surface area contributed by atoms with Crippen LogP contribution in [0, 0.1) is 0 Å². The molecule has 0 amide bonds. The minimum atomic E-state index is 0. The summed E-state index contributed by atoms with van der Waals surface area (Å²) in [6, 6.07) is 10.8. The molecule has 0 saturated heterocycles. The highest BCUT2D eigenvalue weighted by Crippen LogP contribution is 2.18. The third-order valence-corrected chi connectivity index (χ3v) is 5.73. The molecule has 28 heavy (non-hydrogen) atoms. The van der Waals surface area contributed by atoms with Crippen LogP contribution in [0.4, 0.5) is 5.69 Å². The predicted octanol–water partition coefficient (Wildman–Crippen LogP) is 3.94. The smallest absolute Gasteiger partial charge is 0.132 e. The molecular weight excluding hydrogens is 364 g/mol. The summed E-state index contributed by atoms with van der Waals surface area (Å²) < 4.78 is 0.973. The number of unbranched alkanes of at least 4 members (excludes halogenated alkanes) is 11. The lowest BCUT2D eigenvalue weighted by atomic mass is 10.1. The van der Waals surface area contributed by atoms with Crippen LogP contribution in [0.15, 0.2) is 30.3 Å². The van der Waals surface area contributed by atoms with Crippen molar-refractivity contribution in [3.05, 3.63) is 30.3 Å². The van der Waals surface area contributed by atoms with Gasteiger partial charge >= 0.3 is 0 Å². The molecule has 0 radical (unpaired) electrons. The molecule has 1 N–H and O–H groups in total. The van der Waals surface area contributed by atoms with E-state index in [9.17, 15) is 0 Å². The van der Waals surface area contributed by atoms with Crippen molar-refractivity contribution in [1.29, 1.82) is 0 Å². The van der Waals surface area contributed by atoms with E-state index in [1.165, 1.54) is 102 Å². The highest BCUT2D eigenvalue weighted by Gasteiger charge is 2.17. The standard InChI is InChI=1S/C25H47N2.ClH/c1-4-5-6-7-8-9-10-11-12-13-14-18-22-26-23-19-24-27(2,3)25-20-16-15-17-21-25;/h15-17,20-21,26H,4-14,18-19,22-24H2,1-3H3;1H/q+1;/p-1. The second-order valence-corrected chi connectivity index (χ2v) is 8.74. The monoisotopic (exact) mass is 410 g/mol. The van der Waals surface area contributed by atoms with Crippen molar-refractivity contribution >= 4 is 5.69 Å². The van der Waals surface area contributed by atoms with Crippen LogP contribution < -0.4 is 22.2 Å². The Hall–Kier alpha value is -0.570. The van der Waals surface area contributed by atoms with Gasteiger partial charge in [0.05, 0.1) is 20.6 Å². The van der Waals surface area contributed by atoms with E-state index in [0.29, 0.717) is 0 Å². The summed E-state index contributed by atoms with van der Waals surface area (Å²) in [5, 5.41) is 3.63. The lowest BCUT2D eigenvalue weighted by Crippen LogP contribution is -3.00. The number of nitrogens with zero attached hydrogens (tertiary/aromatic N) is 1. The largest absolute Gasteiger partial charge is 1.00 e. The van der Waals surface area contributed by atoms with Crippen LogP contribution in [0.25, 0.3) is 0 Å². The molecule has 0 spiro atoms. The third kappa shape index (κ3) is 14.4. The van der Waals surface area contributed by atoms with Crippen molar-refractivity contribution in [3.8, 4) is 0 Å². The number of hydrogen-bond donors (Lipinski definition) is 1. The molecule has 0 unspecified atom stereocenters. The van der Waals surface area contributed by atoms with Gasteiger partial charge in [-0.2, -0.15) is 0 Å². The number of nitrogens with one attached hydrogen (secondary N) is 1. The summed E-state index contributed by atoms with van der Waals surface area (Å²) >= 11 is 0. The van der Waals surface area contributed by atoms with Crippen LogP contribution in [-0.2, 0) is 0 Å². The van der Waals surface area contributed by atoms with Crippen LogP contribution in [0.5, 0.6) is 0 Å². The average Bonchev–Trinajstić information content (AvgIpc) is 2.68. The molecule has 164 valence electrons. The zero-order valence-electron chi connectivity index (χ0n) is 19.0. The Balaban J connectivity index is 0.00000729. The molecule has 2 nitrogen and oxygen atoms in total. The van der Waals surface area contributed by atoms with Crippen molar-refractivity contribution in [2.24, 2.45) is 0 Å². The van der Waals surface area contributed by atoms with E-state index in [1.807, 2.05) is 0 Å². The fraction of sp³-hybridized carbons (Fsp3) is 0.760. The van der Waals surface area contributed by atoms with Crippen molar-refractivity contribution < 1.29 is 12.4 Å². The van der Waals surface area contributed by atoms with Gasteiger partial charge < -0.3 is 17.7 Å². The van der Waals surface area contributed by atoms with E-state index >= 15 is 0 Å². The van der Waals surface area contributed by atoms with Gasteiger partial charge in [0, 0.05) is 13.0 Å². The van der Waals surface area contributed by atoms with Gasteiger partial charge in [-0.25, -0.2) is 0 Å². The van der Waals surface area contributed by atoms with E-state index < -0.39 is 0 Å². The van der Waals surface area contributed by atoms with Gasteiger partial charge in [-0.3, -0.25) is 4.48 Å². The quantitative estimate of drug-likeness (QED) is 0.285. The Morgan fingerprint density at radius 2 is 1.11 bits per heavy atom. The molecule has 0 aliphatic heterocycles. The van der Waals surface area contributed by atoms with E-state index in [0.717, 1.165) is 11.0 Å². The van der Waals surface area contributed by atoms with Crippen LogP contribution in [0.1, 0.15) is 90.4 Å². The van der Waals surface area contributed by atoms with Crippen LogP contribution >= 0.6 is 0 Å². The first kappa shape index (κ1) is 27.4. The SMILES string of the molecule is CCCCCCCCCCCCCCNCCC[N+](C)(C)c1ccccc1.[Cl-]. The second-order valence-electron chi connectivity index (χ2n) is 8.74. The Labute approximate surface area is 182 Å². The molecule has 0 bridgehead atoms. The first-order chi connectivity index (χ1) is 13.2. The first-order valence-corrected chi connectivity index (χ1v) is 11.8. The number of hydrogen-bond acceptors (Lipinski definition) is 1.